The van der Waals surface area contributed by atoms with Gasteiger partial charge < -0.3 is 9.47 Å². The quantitative estimate of drug-likeness (QED) is 0.699. The smallest absolute Gasteiger partial charge is 0.250 e. The summed E-state index contributed by atoms with van der Waals surface area (Å²) in [6.45, 7) is 2.34. The molecule has 0 amide bonds. The summed E-state index contributed by atoms with van der Waals surface area (Å²) in [5.41, 5.74) is 0. The van der Waals surface area contributed by atoms with Crippen LogP contribution < -0.4 is 4.72 Å². The molecule has 2 rings (SSSR count). The van der Waals surface area contributed by atoms with Crippen molar-refractivity contribution in [3.05, 3.63) is 15.9 Å². The molecule has 0 spiro atoms. The van der Waals surface area contributed by atoms with E-state index in [2.05, 4.69) is 20.7 Å². The van der Waals surface area contributed by atoms with Crippen molar-refractivity contribution in [1.29, 1.82) is 0 Å². The number of nitrogens with one attached hydrogen (secondary N) is 1. The molecule has 2 heterocycles. The Kier molecular flexibility index (Phi) is 6.44. The van der Waals surface area contributed by atoms with Crippen LogP contribution in [0.25, 0.3) is 0 Å². The topological polar surface area (TPSA) is 64.6 Å². The molecule has 1 aromatic rings. The lowest BCUT2D eigenvalue weighted by molar-refractivity contribution is 0.0169. The molecule has 0 bridgehead atoms. The Balaban J connectivity index is 1.60. The predicted molar refractivity (Wildman–Crippen MR) is 81.6 cm³/mol. The number of halogens is 1. The highest BCUT2D eigenvalue weighted by Crippen LogP contribution is 2.25. The van der Waals surface area contributed by atoms with Gasteiger partial charge in [0.1, 0.15) is 4.21 Å². The summed E-state index contributed by atoms with van der Waals surface area (Å²) in [4.78, 5) is 0. The number of sulfonamides is 1. The molecule has 1 atom stereocenters. The second kappa shape index (κ2) is 7.86. The first-order valence-corrected chi connectivity index (χ1v) is 9.61. The number of ether oxygens (including phenoxy) is 2. The minimum atomic E-state index is -3.38. The summed E-state index contributed by atoms with van der Waals surface area (Å²) in [5, 5.41) is 0. The first-order chi connectivity index (χ1) is 9.58. The third-order valence-electron chi connectivity index (χ3n) is 2.90. The van der Waals surface area contributed by atoms with Crippen LogP contribution in [0.1, 0.15) is 19.3 Å². The summed E-state index contributed by atoms with van der Waals surface area (Å²) in [6, 6.07) is 3.31. The minimum Gasteiger partial charge on any atom is -0.379 e. The average molecular weight is 384 g/mol. The SMILES string of the molecule is O=S(=O)(NCCCOCC1CCCO1)c1ccc(Br)s1. The Bertz CT molecular complexity index is 511. The Hall–Kier alpha value is 0.01000. The zero-order valence-corrected chi connectivity index (χ0v) is 14.2. The van der Waals surface area contributed by atoms with Crippen molar-refractivity contribution in [3.8, 4) is 0 Å². The maximum Gasteiger partial charge on any atom is 0.250 e. The fourth-order valence-corrected chi connectivity index (χ4v) is 5.01. The van der Waals surface area contributed by atoms with E-state index in [1.807, 2.05) is 0 Å². The third-order valence-corrected chi connectivity index (χ3v) is 6.48. The Morgan fingerprint density at radius 3 is 3.00 bits per heavy atom. The van der Waals surface area contributed by atoms with Gasteiger partial charge in [-0.1, -0.05) is 0 Å². The molecular weight excluding hydrogens is 366 g/mol. The van der Waals surface area contributed by atoms with Crippen LogP contribution in [0.15, 0.2) is 20.1 Å². The molecule has 1 aliphatic rings. The first-order valence-electron chi connectivity index (χ1n) is 6.52. The van der Waals surface area contributed by atoms with Crippen molar-refractivity contribution in [2.24, 2.45) is 0 Å². The Morgan fingerprint density at radius 1 is 1.50 bits per heavy atom. The van der Waals surface area contributed by atoms with Crippen molar-refractivity contribution in [3.63, 3.8) is 0 Å². The first kappa shape index (κ1) is 16.4. The standard InChI is InChI=1S/C12H18BrNO4S2/c13-11-4-5-12(19-11)20(15,16)14-6-2-7-17-9-10-3-1-8-18-10/h4-5,10,14H,1-3,6-9H2. The highest BCUT2D eigenvalue weighted by atomic mass is 79.9. The van der Waals surface area contributed by atoms with Crippen molar-refractivity contribution in [1.82, 2.24) is 4.72 Å². The molecule has 1 aliphatic heterocycles. The van der Waals surface area contributed by atoms with E-state index < -0.39 is 10.0 Å². The monoisotopic (exact) mass is 383 g/mol. The lowest BCUT2D eigenvalue weighted by atomic mass is 10.2. The van der Waals surface area contributed by atoms with Gasteiger partial charge in [-0.2, -0.15) is 0 Å². The molecule has 1 unspecified atom stereocenters. The van der Waals surface area contributed by atoms with E-state index >= 15 is 0 Å². The average Bonchev–Trinajstić information content (AvgIpc) is 3.05. The van der Waals surface area contributed by atoms with Gasteiger partial charge in [-0.05, 0) is 47.3 Å². The molecule has 0 aliphatic carbocycles. The summed E-state index contributed by atoms with van der Waals surface area (Å²) >= 11 is 4.45. The van der Waals surface area contributed by atoms with Crippen LogP contribution in [-0.2, 0) is 19.5 Å². The molecule has 1 fully saturated rings. The van der Waals surface area contributed by atoms with Crippen molar-refractivity contribution in [2.75, 3.05) is 26.4 Å². The van der Waals surface area contributed by atoms with Crippen LogP contribution in [0.5, 0.6) is 0 Å². The molecule has 1 N–H and O–H groups in total. The fraction of sp³-hybridized carbons (Fsp3) is 0.667. The largest absolute Gasteiger partial charge is 0.379 e. The van der Waals surface area contributed by atoms with E-state index in [0.717, 1.165) is 23.2 Å². The van der Waals surface area contributed by atoms with Crippen LogP contribution in [-0.4, -0.2) is 40.9 Å². The van der Waals surface area contributed by atoms with Gasteiger partial charge in [-0.25, -0.2) is 13.1 Å². The van der Waals surface area contributed by atoms with Gasteiger partial charge in [0.15, 0.2) is 0 Å². The van der Waals surface area contributed by atoms with Crippen molar-refractivity contribution in [2.45, 2.75) is 29.6 Å². The zero-order chi connectivity index (χ0) is 14.4. The maximum absolute atomic E-state index is 11.9. The number of hydrogen-bond donors (Lipinski definition) is 1. The second-order valence-electron chi connectivity index (χ2n) is 4.52. The van der Waals surface area contributed by atoms with Gasteiger partial charge in [0.2, 0.25) is 10.0 Å². The summed E-state index contributed by atoms with van der Waals surface area (Å²) in [7, 11) is -3.38. The normalized spacial score (nSPS) is 19.6. The molecular formula is C12H18BrNO4S2. The zero-order valence-electron chi connectivity index (χ0n) is 11.0. The summed E-state index contributed by atoms with van der Waals surface area (Å²) in [5.74, 6) is 0. The third kappa shape index (κ3) is 5.09. The molecule has 1 aromatic heterocycles. The van der Waals surface area contributed by atoms with Gasteiger partial charge in [0.05, 0.1) is 16.5 Å². The lowest BCUT2D eigenvalue weighted by Gasteiger charge is -2.10. The lowest BCUT2D eigenvalue weighted by Crippen LogP contribution is -2.25. The van der Waals surface area contributed by atoms with Crippen molar-refractivity contribution >= 4 is 37.3 Å². The van der Waals surface area contributed by atoms with Crippen LogP contribution in [0.4, 0.5) is 0 Å². The van der Waals surface area contributed by atoms with Gasteiger partial charge in [-0.15, -0.1) is 11.3 Å². The molecule has 20 heavy (non-hydrogen) atoms. The van der Waals surface area contributed by atoms with Crippen LogP contribution in [0, 0.1) is 0 Å². The van der Waals surface area contributed by atoms with Gasteiger partial charge in [0.25, 0.3) is 0 Å². The van der Waals surface area contributed by atoms with Gasteiger partial charge in [-0.3, -0.25) is 0 Å². The highest BCUT2D eigenvalue weighted by molar-refractivity contribution is 9.11. The van der Waals surface area contributed by atoms with E-state index in [9.17, 15) is 8.42 Å². The number of hydrogen-bond acceptors (Lipinski definition) is 5. The predicted octanol–water partition coefficient (Wildman–Crippen LogP) is 2.37. The minimum absolute atomic E-state index is 0.218. The van der Waals surface area contributed by atoms with E-state index in [0.29, 0.717) is 30.4 Å². The molecule has 5 nitrogen and oxygen atoms in total. The van der Waals surface area contributed by atoms with Crippen molar-refractivity contribution < 1.29 is 17.9 Å². The van der Waals surface area contributed by atoms with Crippen LogP contribution in [0.3, 0.4) is 0 Å². The summed E-state index contributed by atoms with van der Waals surface area (Å²) < 4.78 is 38.4. The van der Waals surface area contributed by atoms with Gasteiger partial charge in [0, 0.05) is 19.8 Å². The highest BCUT2D eigenvalue weighted by Gasteiger charge is 2.16. The second-order valence-corrected chi connectivity index (χ2v) is 8.98. The Morgan fingerprint density at radius 2 is 2.35 bits per heavy atom. The molecule has 114 valence electrons. The van der Waals surface area contributed by atoms with E-state index in [1.54, 1.807) is 12.1 Å². The van der Waals surface area contributed by atoms with Crippen LogP contribution >= 0.6 is 27.3 Å². The van der Waals surface area contributed by atoms with Crippen LogP contribution in [0.2, 0.25) is 0 Å². The molecule has 1 saturated heterocycles. The van der Waals surface area contributed by atoms with E-state index in [4.69, 9.17) is 9.47 Å². The van der Waals surface area contributed by atoms with Gasteiger partial charge >= 0.3 is 0 Å². The Labute approximate surface area is 131 Å². The summed E-state index contributed by atoms with van der Waals surface area (Å²) in [6.07, 6.45) is 3.03. The maximum atomic E-state index is 11.9. The van der Waals surface area contributed by atoms with E-state index in [1.165, 1.54) is 11.3 Å². The number of thiophene rings is 1. The molecule has 0 aromatic carbocycles. The number of rotatable bonds is 8. The molecule has 8 heteroatoms. The fourth-order valence-electron chi connectivity index (χ4n) is 1.88. The molecule has 0 saturated carbocycles. The van der Waals surface area contributed by atoms with E-state index in [-0.39, 0.29) is 6.10 Å². The molecule has 0 radical (unpaired) electrons.